The minimum atomic E-state index is -0.0511. The summed E-state index contributed by atoms with van der Waals surface area (Å²) in [6.45, 7) is 2.91. The van der Waals surface area contributed by atoms with Gasteiger partial charge in [-0.2, -0.15) is 0 Å². The summed E-state index contributed by atoms with van der Waals surface area (Å²) in [5.41, 5.74) is 3.01. The van der Waals surface area contributed by atoms with Gasteiger partial charge in [0.2, 0.25) is 0 Å². The van der Waals surface area contributed by atoms with Gasteiger partial charge in [0.15, 0.2) is 5.65 Å². The quantitative estimate of drug-likeness (QED) is 0.815. The third-order valence-electron chi connectivity index (χ3n) is 4.93. The van der Waals surface area contributed by atoms with Gasteiger partial charge < -0.3 is 10.3 Å². The molecule has 1 aliphatic heterocycles. The predicted octanol–water partition coefficient (Wildman–Crippen LogP) is 2.56. The lowest BCUT2D eigenvalue weighted by atomic mass is 9.99. The Labute approximate surface area is 145 Å². The van der Waals surface area contributed by atoms with Crippen LogP contribution in [0.1, 0.15) is 47.7 Å². The van der Waals surface area contributed by atoms with E-state index in [2.05, 4.69) is 30.8 Å². The second-order valence-corrected chi connectivity index (χ2v) is 7.64. The number of fused-ring (bicyclic) bond motifs is 1. The number of H-pyrrole nitrogens is 1. The van der Waals surface area contributed by atoms with Crippen LogP contribution in [-0.4, -0.2) is 51.1 Å². The molecule has 2 aromatic rings. The topological polar surface area (TPSA) is 73.9 Å². The summed E-state index contributed by atoms with van der Waals surface area (Å²) in [7, 11) is 0. The van der Waals surface area contributed by atoms with Crippen molar-refractivity contribution >= 4 is 29.0 Å². The summed E-state index contributed by atoms with van der Waals surface area (Å²) in [6, 6.07) is 0. The summed E-state index contributed by atoms with van der Waals surface area (Å²) in [5, 5.41) is 3.09. The second kappa shape index (κ2) is 6.72. The molecule has 0 aromatic carbocycles. The van der Waals surface area contributed by atoms with Crippen LogP contribution in [0.4, 0.5) is 0 Å². The highest BCUT2D eigenvalue weighted by molar-refractivity contribution is 7.96. The van der Waals surface area contributed by atoms with E-state index in [4.69, 9.17) is 0 Å². The van der Waals surface area contributed by atoms with Gasteiger partial charge >= 0.3 is 0 Å². The van der Waals surface area contributed by atoms with E-state index in [-0.39, 0.29) is 5.91 Å². The molecule has 7 heteroatoms. The molecule has 1 saturated heterocycles. The number of piperidine rings is 1. The maximum atomic E-state index is 12.6. The zero-order valence-corrected chi connectivity index (χ0v) is 14.7. The van der Waals surface area contributed by atoms with Crippen molar-refractivity contribution in [1.29, 1.82) is 0 Å². The number of aromatic nitrogens is 3. The molecule has 1 unspecified atom stereocenters. The number of amides is 1. The van der Waals surface area contributed by atoms with Crippen molar-refractivity contribution in [3.8, 4) is 0 Å². The van der Waals surface area contributed by atoms with Crippen LogP contribution in [0.15, 0.2) is 12.4 Å². The molecule has 24 heavy (non-hydrogen) atoms. The first-order valence-electron chi connectivity index (χ1n) is 8.66. The van der Waals surface area contributed by atoms with Gasteiger partial charge in [0.05, 0.1) is 17.5 Å². The predicted molar refractivity (Wildman–Crippen MR) is 96.0 cm³/mol. The van der Waals surface area contributed by atoms with E-state index >= 15 is 0 Å². The molecule has 6 nitrogen and oxygen atoms in total. The van der Waals surface area contributed by atoms with Crippen molar-refractivity contribution in [2.24, 2.45) is 5.92 Å². The van der Waals surface area contributed by atoms with Crippen molar-refractivity contribution < 1.29 is 4.79 Å². The van der Waals surface area contributed by atoms with Crippen LogP contribution in [0.2, 0.25) is 0 Å². The van der Waals surface area contributed by atoms with Gasteiger partial charge in [-0.05, 0) is 37.9 Å². The van der Waals surface area contributed by atoms with E-state index in [9.17, 15) is 4.79 Å². The first kappa shape index (κ1) is 15.9. The van der Waals surface area contributed by atoms with Crippen molar-refractivity contribution in [2.75, 3.05) is 25.9 Å². The zero-order chi connectivity index (χ0) is 16.5. The fourth-order valence-electron chi connectivity index (χ4n) is 3.35. The van der Waals surface area contributed by atoms with Crippen LogP contribution in [0.3, 0.4) is 0 Å². The summed E-state index contributed by atoms with van der Waals surface area (Å²) in [4.78, 5) is 24.7. The summed E-state index contributed by atoms with van der Waals surface area (Å²) in [5.74, 6) is 1.01. The zero-order valence-electron chi connectivity index (χ0n) is 13.9. The molecule has 1 saturated carbocycles. The molecule has 2 aliphatic rings. The van der Waals surface area contributed by atoms with Gasteiger partial charge in [-0.3, -0.25) is 9.10 Å². The van der Waals surface area contributed by atoms with Crippen LogP contribution in [0.25, 0.3) is 11.2 Å². The van der Waals surface area contributed by atoms with Gasteiger partial charge in [0.25, 0.3) is 5.91 Å². The fraction of sp³-hybridized carbons (Fsp3) is 0.588. The summed E-state index contributed by atoms with van der Waals surface area (Å²) >= 11 is 1.79. The van der Waals surface area contributed by atoms with E-state index in [1.54, 1.807) is 18.1 Å². The molecule has 1 aliphatic carbocycles. The number of hydrogen-bond acceptors (Lipinski definition) is 5. The molecule has 128 valence electrons. The van der Waals surface area contributed by atoms with Crippen LogP contribution < -0.4 is 5.32 Å². The lowest BCUT2D eigenvalue weighted by Crippen LogP contribution is -2.38. The molecule has 0 bridgehead atoms. The third kappa shape index (κ3) is 3.28. The normalized spacial score (nSPS) is 22.0. The molecule has 0 spiro atoms. The van der Waals surface area contributed by atoms with Crippen molar-refractivity contribution in [1.82, 2.24) is 24.6 Å². The first-order valence-corrected chi connectivity index (χ1v) is 9.84. The Morgan fingerprint density at radius 2 is 2.33 bits per heavy atom. The first-order chi connectivity index (χ1) is 11.7. The van der Waals surface area contributed by atoms with Crippen LogP contribution in [0.5, 0.6) is 0 Å². The number of carbonyl (C=O) groups is 1. The number of hydrogen-bond donors (Lipinski definition) is 2. The fourth-order valence-corrected chi connectivity index (χ4v) is 4.02. The SMILES string of the molecule is CSN1CCCC(CNC(=O)c2c[nH]c3ncc(C4CC4)nc23)C1. The lowest BCUT2D eigenvalue weighted by molar-refractivity contribution is 0.0943. The molecule has 3 heterocycles. The monoisotopic (exact) mass is 345 g/mol. The van der Waals surface area contributed by atoms with Crippen molar-refractivity contribution in [2.45, 2.75) is 31.6 Å². The molecule has 4 rings (SSSR count). The number of nitrogens with zero attached hydrogens (tertiary/aromatic N) is 3. The Morgan fingerprint density at radius 3 is 3.12 bits per heavy atom. The Bertz CT molecular complexity index is 742. The van der Waals surface area contributed by atoms with Gasteiger partial charge in [-0.15, -0.1) is 0 Å². The molecular formula is C17H23N5OS. The minimum Gasteiger partial charge on any atom is -0.352 e. The van der Waals surface area contributed by atoms with E-state index in [1.807, 2.05) is 6.20 Å². The Kier molecular flexibility index (Phi) is 4.45. The molecule has 1 amide bonds. The summed E-state index contributed by atoms with van der Waals surface area (Å²) in [6.07, 6.45) is 10.4. The number of rotatable bonds is 5. The number of carbonyl (C=O) groups excluding carboxylic acids is 1. The molecule has 0 radical (unpaired) electrons. The maximum Gasteiger partial charge on any atom is 0.255 e. The molecule has 2 fully saturated rings. The standard InChI is InChI=1S/C17H23N5OS/c1-24-22-6-2-3-11(10-22)7-20-17(23)13-8-18-16-15(13)21-14(9-19-16)12-4-5-12/h8-9,11-12H,2-7,10H2,1H3,(H,18,19)(H,20,23). The van der Waals surface area contributed by atoms with E-state index in [0.29, 0.717) is 28.6 Å². The van der Waals surface area contributed by atoms with Crippen LogP contribution >= 0.6 is 11.9 Å². The van der Waals surface area contributed by atoms with E-state index in [1.165, 1.54) is 25.7 Å². The van der Waals surface area contributed by atoms with Crippen molar-refractivity contribution in [3.05, 3.63) is 23.7 Å². The van der Waals surface area contributed by atoms with Gasteiger partial charge in [0.1, 0.15) is 5.52 Å². The Morgan fingerprint density at radius 1 is 1.46 bits per heavy atom. The Balaban J connectivity index is 1.44. The van der Waals surface area contributed by atoms with Crippen LogP contribution in [0, 0.1) is 5.92 Å². The molecule has 2 aromatic heterocycles. The highest BCUT2D eigenvalue weighted by Crippen LogP contribution is 2.39. The van der Waals surface area contributed by atoms with E-state index in [0.717, 1.165) is 25.3 Å². The third-order valence-corrected chi connectivity index (χ3v) is 5.78. The highest BCUT2D eigenvalue weighted by Gasteiger charge is 2.27. The largest absolute Gasteiger partial charge is 0.352 e. The van der Waals surface area contributed by atoms with Crippen LogP contribution in [-0.2, 0) is 0 Å². The smallest absolute Gasteiger partial charge is 0.255 e. The second-order valence-electron chi connectivity index (χ2n) is 6.76. The summed E-state index contributed by atoms with van der Waals surface area (Å²) < 4.78 is 2.37. The molecule has 2 N–H and O–H groups in total. The maximum absolute atomic E-state index is 12.6. The van der Waals surface area contributed by atoms with Gasteiger partial charge in [0, 0.05) is 31.7 Å². The molecular weight excluding hydrogens is 322 g/mol. The average Bonchev–Trinajstić information content (AvgIpc) is 3.39. The van der Waals surface area contributed by atoms with Crippen molar-refractivity contribution in [3.63, 3.8) is 0 Å². The number of aromatic amines is 1. The molecule has 1 atom stereocenters. The average molecular weight is 345 g/mol. The minimum absolute atomic E-state index is 0.0511. The van der Waals surface area contributed by atoms with E-state index < -0.39 is 0 Å². The highest BCUT2D eigenvalue weighted by atomic mass is 32.2. The Hall–Kier alpha value is -1.60. The van der Waals surface area contributed by atoms with Gasteiger partial charge in [-0.1, -0.05) is 11.9 Å². The lowest BCUT2D eigenvalue weighted by Gasteiger charge is -2.30. The van der Waals surface area contributed by atoms with Gasteiger partial charge in [-0.25, -0.2) is 9.97 Å². The number of nitrogens with one attached hydrogen (secondary N) is 2.